The van der Waals surface area contributed by atoms with Gasteiger partial charge >= 0.3 is 0 Å². The van der Waals surface area contributed by atoms with Crippen LogP contribution in [0.2, 0.25) is 0 Å². The molecule has 0 unspecified atom stereocenters. The summed E-state index contributed by atoms with van der Waals surface area (Å²) in [6, 6.07) is 9.60. The lowest BCUT2D eigenvalue weighted by atomic mass is 9.96. The maximum atomic E-state index is 5.77. The van der Waals surface area contributed by atoms with Crippen LogP contribution in [0.4, 0.5) is 0 Å². The Balaban J connectivity index is 2.28. The molecule has 3 aromatic rings. The molecule has 2 radical (unpaired) electrons. The van der Waals surface area contributed by atoms with E-state index in [-0.39, 0.29) is 0 Å². The summed E-state index contributed by atoms with van der Waals surface area (Å²) in [5, 5.41) is 8.04. The minimum atomic E-state index is 0.611. The highest BCUT2D eigenvalue weighted by Crippen LogP contribution is 2.31. The molecular weight excluding hydrogens is 225 g/mol. The van der Waals surface area contributed by atoms with Crippen LogP contribution in [0.1, 0.15) is 0 Å². The third-order valence-electron chi connectivity index (χ3n) is 2.81. The van der Waals surface area contributed by atoms with E-state index in [1.54, 1.807) is 13.3 Å². The van der Waals surface area contributed by atoms with Gasteiger partial charge in [-0.25, -0.2) is 4.98 Å². The first-order chi connectivity index (χ1) is 8.79. The lowest BCUT2D eigenvalue weighted by molar-refractivity contribution is 0.416. The number of rotatable bonds is 2. The maximum Gasteiger partial charge on any atom is 0.181 e. The van der Waals surface area contributed by atoms with Crippen molar-refractivity contribution in [3.8, 4) is 17.0 Å². The number of nitrogens with one attached hydrogen (secondary N) is 1. The van der Waals surface area contributed by atoms with Gasteiger partial charge in [0.2, 0.25) is 0 Å². The van der Waals surface area contributed by atoms with Gasteiger partial charge in [0.05, 0.1) is 12.8 Å². The molecular formula is C13H10BN3O. The third kappa shape index (κ3) is 1.64. The van der Waals surface area contributed by atoms with E-state index in [1.165, 1.54) is 0 Å². The summed E-state index contributed by atoms with van der Waals surface area (Å²) in [7, 11) is 7.41. The molecule has 3 rings (SSSR count). The minimum Gasteiger partial charge on any atom is -0.496 e. The molecule has 2 aromatic heterocycles. The van der Waals surface area contributed by atoms with E-state index >= 15 is 0 Å². The largest absolute Gasteiger partial charge is 0.496 e. The van der Waals surface area contributed by atoms with Crippen LogP contribution >= 0.6 is 0 Å². The average molecular weight is 235 g/mol. The van der Waals surface area contributed by atoms with Crippen LogP contribution in [-0.4, -0.2) is 30.1 Å². The number of nitrogens with zero attached hydrogens (tertiary/aromatic N) is 2. The zero-order chi connectivity index (χ0) is 12.5. The monoisotopic (exact) mass is 235 g/mol. The van der Waals surface area contributed by atoms with E-state index in [0.29, 0.717) is 11.1 Å². The zero-order valence-electron chi connectivity index (χ0n) is 9.84. The predicted octanol–water partition coefficient (Wildman–Crippen LogP) is 1.43. The summed E-state index contributed by atoms with van der Waals surface area (Å²) >= 11 is 0. The lowest BCUT2D eigenvalue weighted by Crippen LogP contribution is -2.01. The van der Waals surface area contributed by atoms with Crippen molar-refractivity contribution in [2.45, 2.75) is 0 Å². The van der Waals surface area contributed by atoms with E-state index in [9.17, 15) is 0 Å². The first kappa shape index (κ1) is 10.8. The molecule has 0 atom stereocenters. The summed E-state index contributed by atoms with van der Waals surface area (Å²) in [4.78, 5) is 4.17. The number of ether oxygens (including phenoxy) is 1. The van der Waals surface area contributed by atoms with Gasteiger partial charge in [-0.3, -0.25) is 5.10 Å². The second kappa shape index (κ2) is 4.18. The molecule has 1 N–H and O–H groups in total. The molecule has 1 aromatic carbocycles. The Hall–Kier alpha value is -2.30. The summed E-state index contributed by atoms with van der Waals surface area (Å²) < 4.78 is 5.35. The maximum absolute atomic E-state index is 5.77. The van der Waals surface area contributed by atoms with Crippen molar-refractivity contribution in [2.24, 2.45) is 0 Å². The minimum absolute atomic E-state index is 0.611. The zero-order valence-corrected chi connectivity index (χ0v) is 9.84. The first-order valence-electron chi connectivity index (χ1n) is 5.52. The van der Waals surface area contributed by atoms with E-state index < -0.39 is 0 Å². The smallest absolute Gasteiger partial charge is 0.181 e. The fourth-order valence-corrected chi connectivity index (χ4v) is 1.97. The quantitative estimate of drug-likeness (QED) is 0.683. The molecule has 5 heteroatoms. The predicted molar refractivity (Wildman–Crippen MR) is 71.3 cm³/mol. The number of hydrogen-bond acceptors (Lipinski definition) is 3. The van der Waals surface area contributed by atoms with Gasteiger partial charge in [-0.1, -0.05) is 23.7 Å². The number of pyridine rings is 1. The standard InChI is InChI=1S/C13H10BN3O/c1-18-11-5-3-2-4-9(11)12-10-6-8(14)7-15-13(10)17-16-12/h2-7H,1H3,(H,15,16,17). The van der Waals surface area contributed by atoms with Gasteiger partial charge < -0.3 is 4.74 Å². The van der Waals surface area contributed by atoms with Crippen LogP contribution in [0.5, 0.6) is 5.75 Å². The van der Waals surface area contributed by atoms with Crippen molar-refractivity contribution >= 4 is 24.3 Å². The second-order valence-corrected chi connectivity index (χ2v) is 3.94. The molecule has 0 saturated heterocycles. The summed E-state index contributed by atoms with van der Waals surface area (Å²) in [5.74, 6) is 0.783. The van der Waals surface area contributed by atoms with Gasteiger partial charge in [-0.05, 0) is 12.1 Å². The second-order valence-electron chi connectivity index (χ2n) is 3.94. The molecule has 0 amide bonds. The highest BCUT2D eigenvalue weighted by Gasteiger charge is 2.12. The molecule has 4 nitrogen and oxygen atoms in total. The van der Waals surface area contributed by atoms with Crippen LogP contribution < -0.4 is 10.2 Å². The highest BCUT2D eigenvalue weighted by atomic mass is 16.5. The van der Waals surface area contributed by atoms with Crippen molar-refractivity contribution in [2.75, 3.05) is 7.11 Å². The molecule has 0 aliphatic carbocycles. The number of hydrogen-bond donors (Lipinski definition) is 1. The van der Waals surface area contributed by atoms with Crippen molar-refractivity contribution in [1.29, 1.82) is 0 Å². The van der Waals surface area contributed by atoms with Crippen LogP contribution in [-0.2, 0) is 0 Å². The molecule has 18 heavy (non-hydrogen) atoms. The van der Waals surface area contributed by atoms with Crippen LogP contribution in [0.25, 0.3) is 22.3 Å². The number of benzene rings is 1. The summed E-state index contributed by atoms with van der Waals surface area (Å²) in [5.41, 5.74) is 3.06. The molecule has 0 bridgehead atoms. The van der Waals surface area contributed by atoms with Crippen LogP contribution in [0.3, 0.4) is 0 Å². The number of methoxy groups -OCH3 is 1. The Morgan fingerprint density at radius 3 is 2.94 bits per heavy atom. The Morgan fingerprint density at radius 2 is 2.11 bits per heavy atom. The summed E-state index contributed by atoms with van der Waals surface area (Å²) in [6.45, 7) is 0. The van der Waals surface area contributed by atoms with E-state index in [2.05, 4.69) is 15.2 Å². The van der Waals surface area contributed by atoms with Gasteiger partial charge in [-0.15, -0.1) is 0 Å². The van der Waals surface area contributed by atoms with E-state index in [4.69, 9.17) is 12.6 Å². The summed E-state index contributed by atoms with van der Waals surface area (Å²) in [6.07, 6.45) is 1.59. The molecule has 0 fully saturated rings. The molecule has 86 valence electrons. The van der Waals surface area contributed by atoms with Gasteiger partial charge in [-0.2, -0.15) is 5.10 Å². The number of aromatic amines is 1. The van der Waals surface area contributed by atoms with Crippen molar-refractivity contribution in [3.63, 3.8) is 0 Å². The highest BCUT2D eigenvalue weighted by molar-refractivity contribution is 6.33. The lowest BCUT2D eigenvalue weighted by Gasteiger charge is -2.06. The molecule has 0 saturated carbocycles. The fourth-order valence-electron chi connectivity index (χ4n) is 1.97. The van der Waals surface area contributed by atoms with Crippen LogP contribution in [0, 0.1) is 0 Å². The Kier molecular flexibility index (Phi) is 2.52. The molecule has 0 aliphatic heterocycles. The SMILES string of the molecule is [B]c1cnc2n[nH]c(-c3ccccc3OC)c2c1. The molecule has 0 aliphatic rings. The van der Waals surface area contributed by atoms with Crippen LogP contribution in [0.15, 0.2) is 36.5 Å². The number of H-pyrrole nitrogens is 1. The van der Waals surface area contributed by atoms with Crippen molar-refractivity contribution < 1.29 is 4.74 Å². The van der Waals surface area contributed by atoms with Gasteiger partial charge in [0.15, 0.2) is 5.65 Å². The van der Waals surface area contributed by atoms with E-state index in [1.807, 2.05) is 30.3 Å². The normalized spacial score (nSPS) is 10.7. The first-order valence-corrected chi connectivity index (χ1v) is 5.52. The topological polar surface area (TPSA) is 50.8 Å². The number of fused-ring (bicyclic) bond motifs is 1. The Bertz CT molecular complexity index is 708. The Labute approximate surface area is 105 Å². The van der Waals surface area contributed by atoms with Gasteiger partial charge in [0.1, 0.15) is 13.6 Å². The Morgan fingerprint density at radius 1 is 1.28 bits per heavy atom. The molecule has 0 spiro atoms. The van der Waals surface area contributed by atoms with Crippen molar-refractivity contribution in [3.05, 3.63) is 36.5 Å². The third-order valence-corrected chi connectivity index (χ3v) is 2.81. The van der Waals surface area contributed by atoms with Gasteiger partial charge in [0, 0.05) is 17.1 Å². The van der Waals surface area contributed by atoms with E-state index in [0.717, 1.165) is 22.4 Å². The molecule has 2 heterocycles. The van der Waals surface area contributed by atoms with Gasteiger partial charge in [0.25, 0.3) is 0 Å². The fraction of sp³-hybridized carbons (Fsp3) is 0.0769. The number of aromatic nitrogens is 3. The number of para-hydroxylation sites is 1. The van der Waals surface area contributed by atoms with Crippen molar-refractivity contribution in [1.82, 2.24) is 15.2 Å². The average Bonchev–Trinajstić information content (AvgIpc) is 2.81.